The predicted octanol–water partition coefficient (Wildman–Crippen LogP) is 2.40. The van der Waals surface area contributed by atoms with E-state index in [-0.39, 0.29) is 6.42 Å². The van der Waals surface area contributed by atoms with Crippen molar-refractivity contribution in [2.75, 3.05) is 19.6 Å². The van der Waals surface area contributed by atoms with Gasteiger partial charge in [-0.05, 0) is 38.6 Å². The van der Waals surface area contributed by atoms with Gasteiger partial charge >= 0.3 is 6.18 Å². The van der Waals surface area contributed by atoms with Gasteiger partial charge in [0, 0.05) is 31.6 Å². The molecule has 0 aromatic heterocycles. The summed E-state index contributed by atoms with van der Waals surface area (Å²) in [6.07, 6.45) is -1.93. The van der Waals surface area contributed by atoms with Gasteiger partial charge in [0.05, 0.1) is 0 Å². The van der Waals surface area contributed by atoms with Crippen LogP contribution in [0.25, 0.3) is 0 Å². The maximum Gasteiger partial charge on any atom is 0.389 e. The van der Waals surface area contributed by atoms with Gasteiger partial charge in [0.25, 0.3) is 0 Å². The second-order valence-corrected chi connectivity index (χ2v) is 5.43. The topological polar surface area (TPSA) is 15.3 Å². The van der Waals surface area contributed by atoms with Gasteiger partial charge < -0.3 is 5.32 Å². The van der Waals surface area contributed by atoms with Crippen LogP contribution in [0.15, 0.2) is 0 Å². The summed E-state index contributed by atoms with van der Waals surface area (Å²) in [5, 5.41) is 3.43. The number of rotatable bonds is 4. The molecule has 0 bridgehead atoms. The van der Waals surface area contributed by atoms with Gasteiger partial charge in [-0.15, -0.1) is 0 Å². The fourth-order valence-electron chi connectivity index (χ4n) is 2.69. The molecule has 1 heterocycles. The molecular weight excluding hydrogens is 229 g/mol. The molecule has 0 aromatic rings. The zero-order valence-electron chi connectivity index (χ0n) is 10.3. The second kappa shape index (κ2) is 5.14. The first kappa shape index (κ1) is 13.1. The maximum atomic E-state index is 12.1. The number of alkyl halides is 3. The van der Waals surface area contributed by atoms with Crippen molar-refractivity contribution < 1.29 is 13.2 Å². The number of hydrogen-bond donors (Lipinski definition) is 1. The van der Waals surface area contributed by atoms with Gasteiger partial charge in [-0.2, -0.15) is 13.2 Å². The van der Waals surface area contributed by atoms with Gasteiger partial charge in [-0.25, -0.2) is 0 Å². The van der Waals surface area contributed by atoms with Crippen LogP contribution in [0.1, 0.15) is 32.6 Å². The minimum atomic E-state index is -4.01. The molecule has 2 fully saturated rings. The molecule has 0 spiro atoms. The summed E-state index contributed by atoms with van der Waals surface area (Å²) in [6, 6.07) is 0.871. The van der Waals surface area contributed by atoms with E-state index in [2.05, 4.69) is 17.1 Å². The predicted molar refractivity (Wildman–Crippen MR) is 60.8 cm³/mol. The first-order chi connectivity index (χ1) is 7.96. The van der Waals surface area contributed by atoms with Crippen LogP contribution in [0.2, 0.25) is 0 Å². The largest absolute Gasteiger partial charge is 0.389 e. The highest BCUT2D eigenvalue weighted by atomic mass is 19.4. The van der Waals surface area contributed by atoms with Crippen molar-refractivity contribution >= 4 is 0 Å². The van der Waals surface area contributed by atoms with E-state index in [4.69, 9.17) is 0 Å². The Morgan fingerprint density at radius 3 is 2.59 bits per heavy atom. The maximum absolute atomic E-state index is 12.1. The molecule has 100 valence electrons. The van der Waals surface area contributed by atoms with E-state index in [1.807, 2.05) is 0 Å². The van der Waals surface area contributed by atoms with Crippen molar-refractivity contribution in [3.63, 3.8) is 0 Å². The zero-order chi connectivity index (χ0) is 12.5. The lowest BCUT2D eigenvalue weighted by Crippen LogP contribution is -2.56. The van der Waals surface area contributed by atoms with Crippen molar-refractivity contribution in [1.29, 1.82) is 0 Å². The van der Waals surface area contributed by atoms with E-state index in [0.717, 1.165) is 19.0 Å². The molecule has 2 aliphatic rings. The molecule has 2 unspecified atom stereocenters. The molecule has 1 N–H and O–H groups in total. The minimum Gasteiger partial charge on any atom is -0.311 e. The molecule has 17 heavy (non-hydrogen) atoms. The highest BCUT2D eigenvalue weighted by Crippen LogP contribution is 2.36. The van der Waals surface area contributed by atoms with Crippen molar-refractivity contribution in [3.8, 4) is 0 Å². The van der Waals surface area contributed by atoms with Crippen LogP contribution in [0.4, 0.5) is 13.2 Å². The molecule has 2 atom stereocenters. The lowest BCUT2D eigenvalue weighted by Gasteiger charge is -2.39. The molecule has 0 amide bonds. The fraction of sp³-hybridized carbons (Fsp3) is 1.00. The fourth-order valence-corrected chi connectivity index (χ4v) is 2.69. The normalized spacial score (nSPS) is 31.8. The molecule has 1 saturated carbocycles. The van der Waals surface area contributed by atoms with Crippen LogP contribution < -0.4 is 5.32 Å². The van der Waals surface area contributed by atoms with Crippen molar-refractivity contribution in [2.24, 2.45) is 5.92 Å². The summed E-state index contributed by atoms with van der Waals surface area (Å²) in [4.78, 5) is 2.27. The highest BCUT2D eigenvalue weighted by Gasteiger charge is 2.38. The summed E-state index contributed by atoms with van der Waals surface area (Å²) in [6.45, 7) is 4.52. The van der Waals surface area contributed by atoms with Gasteiger partial charge in [-0.3, -0.25) is 4.90 Å². The van der Waals surface area contributed by atoms with Gasteiger partial charge in [-0.1, -0.05) is 0 Å². The second-order valence-electron chi connectivity index (χ2n) is 5.43. The third-order valence-corrected chi connectivity index (χ3v) is 3.72. The smallest absolute Gasteiger partial charge is 0.311 e. The van der Waals surface area contributed by atoms with E-state index >= 15 is 0 Å². The number of hydrogen-bond acceptors (Lipinski definition) is 2. The van der Waals surface area contributed by atoms with E-state index in [1.165, 1.54) is 12.8 Å². The third kappa shape index (κ3) is 4.14. The Kier molecular flexibility index (Phi) is 3.98. The number of nitrogens with one attached hydrogen (secondary N) is 1. The number of nitrogens with zero attached hydrogens (tertiary/aromatic N) is 1. The number of halogens is 3. The quantitative estimate of drug-likeness (QED) is 0.824. The van der Waals surface area contributed by atoms with Gasteiger partial charge in [0.1, 0.15) is 0 Å². The molecule has 2 rings (SSSR count). The SMILES string of the molecule is CC1CN(CCCC(F)(F)F)C(C2CC2)CN1. The monoisotopic (exact) mass is 250 g/mol. The van der Waals surface area contributed by atoms with Crippen LogP contribution in [0.5, 0.6) is 0 Å². The Morgan fingerprint density at radius 2 is 2.00 bits per heavy atom. The van der Waals surface area contributed by atoms with Crippen LogP contribution >= 0.6 is 0 Å². The van der Waals surface area contributed by atoms with Crippen LogP contribution in [-0.4, -0.2) is 42.8 Å². The average molecular weight is 250 g/mol. The zero-order valence-corrected chi connectivity index (χ0v) is 10.3. The van der Waals surface area contributed by atoms with E-state index in [0.29, 0.717) is 18.6 Å². The van der Waals surface area contributed by atoms with Crippen LogP contribution in [-0.2, 0) is 0 Å². The molecule has 0 radical (unpaired) electrons. The summed E-state index contributed by atoms with van der Waals surface area (Å²) in [5.41, 5.74) is 0. The van der Waals surface area contributed by atoms with E-state index < -0.39 is 12.6 Å². The van der Waals surface area contributed by atoms with E-state index in [9.17, 15) is 13.2 Å². The van der Waals surface area contributed by atoms with Gasteiger partial charge in [0.15, 0.2) is 0 Å². The first-order valence-electron chi connectivity index (χ1n) is 6.50. The first-order valence-corrected chi connectivity index (χ1v) is 6.50. The van der Waals surface area contributed by atoms with Crippen molar-refractivity contribution in [3.05, 3.63) is 0 Å². The van der Waals surface area contributed by atoms with Gasteiger partial charge in [0.2, 0.25) is 0 Å². The van der Waals surface area contributed by atoms with E-state index in [1.54, 1.807) is 0 Å². The molecule has 1 saturated heterocycles. The molecule has 0 aromatic carbocycles. The summed E-state index contributed by atoms with van der Waals surface area (Å²) in [7, 11) is 0. The standard InChI is InChI=1S/C12H21F3N2/c1-9-8-17(6-2-5-12(13,14)15)11(7-16-9)10-3-4-10/h9-11,16H,2-8H2,1H3. The van der Waals surface area contributed by atoms with Crippen LogP contribution in [0, 0.1) is 5.92 Å². The molecular formula is C12H21F3N2. The summed E-state index contributed by atoms with van der Waals surface area (Å²) < 4.78 is 36.4. The summed E-state index contributed by atoms with van der Waals surface area (Å²) >= 11 is 0. The number of piperazine rings is 1. The summed E-state index contributed by atoms with van der Waals surface area (Å²) in [5.74, 6) is 0.723. The Labute approximate surface area is 101 Å². The Bertz CT molecular complexity index is 251. The van der Waals surface area contributed by atoms with Crippen molar-refractivity contribution in [1.82, 2.24) is 10.2 Å². The Hall–Kier alpha value is -0.290. The molecule has 2 nitrogen and oxygen atoms in total. The Balaban J connectivity index is 1.78. The Morgan fingerprint density at radius 1 is 1.29 bits per heavy atom. The molecule has 1 aliphatic carbocycles. The highest BCUT2D eigenvalue weighted by molar-refractivity contribution is 4.94. The lowest BCUT2D eigenvalue weighted by atomic mass is 10.0. The lowest BCUT2D eigenvalue weighted by molar-refractivity contribution is -0.136. The molecule has 1 aliphatic heterocycles. The minimum absolute atomic E-state index is 0.236. The third-order valence-electron chi connectivity index (χ3n) is 3.72. The molecule has 5 heteroatoms. The average Bonchev–Trinajstić information content (AvgIpc) is 2.99. The van der Waals surface area contributed by atoms with Crippen molar-refractivity contribution in [2.45, 2.75) is 50.9 Å². The van der Waals surface area contributed by atoms with Crippen LogP contribution in [0.3, 0.4) is 0 Å².